The first-order chi connectivity index (χ1) is 5.97. The van der Waals surface area contributed by atoms with Crippen molar-refractivity contribution in [2.45, 2.75) is 18.9 Å². The number of rotatable bonds is 1. The molecule has 6 heteroatoms. The summed E-state index contributed by atoms with van der Waals surface area (Å²) in [5.41, 5.74) is 5.14. The highest BCUT2D eigenvalue weighted by Gasteiger charge is 2.48. The number of likely N-dealkylation sites (tertiary alicyclic amines) is 1. The van der Waals surface area contributed by atoms with Crippen molar-refractivity contribution in [3.63, 3.8) is 0 Å². The molecule has 2 N–H and O–H groups in total. The third kappa shape index (κ3) is 2.06. The molecule has 1 amide bonds. The van der Waals surface area contributed by atoms with Crippen LogP contribution in [0.4, 0.5) is 13.6 Å². The molecule has 0 aromatic carbocycles. The second kappa shape index (κ2) is 3.45. The van der Waals surface area contributed by atoms with E-state index in [0.29, 0.717) is 0 Å². The van der Waals surface area contributed by atoms with E-state index in [1.807, 2.05) is 0 Å². The Morgan fingerprint density at radius 2 is 2.38 bits per heavy atom. The van der Waals surface area contributed by atoms with Gasteiger partial charge in [-0.05, 0) is 6.92 Å². The molecule has 4 nitrogen and oxygen atoms in total. The highest BCUT2D eigenvalue weighted by atomic mass is 19.3. The third-order valence-electron chi connectivity index (χ3n) is 1.89. The fourth-order valence-corrected chi connectivity index (χ4v) is 1.16. The van der Waals surface area contributed by atoms with Crippen LogP contribution in [0.25, 0.3) is 0 Å². The van der Waals surface area contributed by atoms with E-state index in [4.69, 9.17) is 5.73 Å². The maximum absolute atomic E-state index is 12.8. The van der Waals surface area contributed by atoms with Gasteiger partial charge in [0.2, 0.25) is 0 Å². The van der Waals surface area contributed by atoms with E-state index in [-0.39, 0.29) is 13.2 Å². The summed E-state index contributed by atoms with van der Waals surface area (Å²) in [5, 5.41) is 0. The number of carbonyl (C=O) groups excluding carboxylic acids is 1. The third-order valence-corrected chi connectivity index (χ3v) is 1.89. The number of amides is 1. The van der Waals surface area contributed by atoms with Gasteiger partial charge >= 0.3 is 6.09 Å². The minimum atomic E-state index is -2.99. The van der Waals surface area contributed by atoms with Gasteiger partial charge in [0.05, 0.1) is 19.2 Å². The quantitative estimate of drug-likeness (QED) is 0.658. The summed E-state index contributed by atoms with van der Waals surface area (Å²) in [6.45, 7) is 1.00. The van der Waals surface area contributed by atoms with Gasteiger partial charge in [0.25, 0.3) is 5.92 Å². The van der Waals surface area contributed by atoms with Gasteiger partial charge in [-0.2, -0.15) is 0 Å². The van der Waals surface area contributed by atoms with E-state index in [2.05, 4.69) is 4.74 Å². The minimum absolute atomic E-state index is 0.147. The Hall–Kier alpha value is -0.910. The molecule has 76 valence electrons. The van der Waals surface area contributed by atoms with Crippen LogP contribution < -0.4 is 5.73 Å². The zero-order valence-corrected chi connectivity index (χ0v) is 7.30. The zero-order chi connectivity index (χ0) is 10.1. The Labute approximate surface area is 74.6 Å². The molecule has 1 unspecified atom stereocenters. The van der Waals surface area contributed by atoms with E-state index >= 15 is 0 Å². The molecule has 1 atom stereocenters. The Morgan fingerprint density at radius 1 is 1.77 bits per heavy atom. The van der Waals surface area contributed by atoms with Crippen LogP contribution in [0.5, 0.6) is 0 Å². The predicted molar refractivity (Wildman–Crippen MR) is 41.5 cm³/mol. The molecule has 0 bridgehead atoms. The number of ether oxygens (including phenoxy) is 1. The van der Waals surface area contributed by atoms with Crippen molar-refractivity contribution >= 4 is 6.09 Å². The molecule has 1 fully saturated rings. The van der Waals surface area contributed by atoms with Crippen LogP contribution in [0.1, 0.15) is 6.92 Å². The fourth-order valence-electron chi connectivity index (χ4n) is 1.16. The molecule has 1 saturated heterocycles. The Balaban J connectivity index is 2.53. The first-order valence-electron chi connectivity index (χ1n) is 4.02. The van der Waals surface area contributed by atoms with Gasteiger partial charge in [0.1, 0.15) is 0 Å². The Kier molecular flexibility index (Phi) is 2.70. The summed E-state index contributed by atoms with van der Waals surface area (Å²) in [4.78, 5) is 11.9. The SMILES string of the molecule is CCOC(=O)N1CC(N)C(F)(F)C1. The number of halogens is 2. The minimum Gasteiger partial charge on any atom is -0.450 e. The van der Waals surface area contributed by atoms with E-state index in [0.717, 1.165) is 4.90 Å². The van der Waals surface area contributed by atoms with Crippen molar-refractivity contribution in [3.05, 3.63) is 0 Å². The smallest absolute Gasteiger partial charge is 0.410 e. The predicted octanol–water partition coefficient (Wildman–Crippen LogP) is 0.421. The van der Waals surface area contributed by atoms with Crippen LogP contribution in [-0.2, 0) is 4.74 Å². The Bertz CT molecular complexity index is 211. The largest absolute Gasteiger partial charge is 0.450 e. The number of carbonyl (C=O) groups is 1. The highest BCUT2D eigenvalue weighted by Crippen LogP contribution is 2.26. The van der Waals surface area contributed by atoms with Crippen molar-refractivity contribution < 1.29 is 18.3 Å². The van der Waals surface area contributed by atoms with Crippen molar-refractivity contribution in [2.24, 2.45) is 5.73 Å². The normalized spacial score (nSPS) is 26.2. The second-order valence-electron chi connectivity index (χ2n) is 2.95. The van der Waals surface area contributed by atoms with Gasteiger partial charge in [0, 0.05) is 6.54 Å². The maximum Gasteiger partial charge on any atom is 0.410 e. The average Bonchev–Trinajstić information content (AvgIpc) is 2.27. The van der Waals surface area contributed by atoms with Crippen LogP contribution in [0, 0.1) is 0 Å². The van der Waals surface area contributed by atoms with E-state index < -0.39 is 24.6 Å². The number of nitrogens with zero attached hydrogens (tertiary/aromatic N) is 1. The summed E-state index contributed by atoms with van der Waals surface area (Å²) in [6, 6.07) is -1.28. The molecule has 1 rings (SSSR count). The number of nitrogens with two attached hydrogens (primary N) is 1. The molecule has 0 aromatic rings. The first kappa shape index (κ1) is 10.2. The van der Waals surface area contributed by atoms with Crippen molar-refractivity contribution in [2.75, 3.05) is 19.7 Å². The lowest BCUT2D eigenvalue weighted by Gasteiger charge is -2.14. The molecule has 13 heavy (non-hydrogen) atoms. The van der Waals surface area contributed by atoms with Crippen LogP contribution in [0.3, 0.4) is 0 Å². The highest BCUT2D eigenvalue weighted by molar-refractivity contribution is 5.68. The lowest BCUT2D eigenvalue weighted by atomic mass is 10.2. The van der Waals surface area contributed by atoms with Crippen molar-refractivity contribution in [3.8, 4) is 0 Å². The zero-order valence-electron chi connectivity index (χ0n) is 7.30. The summed E-state index contributed by atoms with van der Waals surface area (Å²) in [7, 11) is 0. The van der Waals surface area contributed by atoms with Gasteiger partial charge in [-0.25, -0.2) is 13.6 Å². The molecule has 0 aliphatic carbocycles. The molecular weight excluding hydrogens is 182 g/mol. The maximum atomic E-state index is 12.8. The van der Waals surface area contributed by atoms with Crippen LogP contribution in [0.2, 0.25) is 0 Å². The molecule has 1 aliphatic heterocycles. The standard InChI is InChI=1S/C7H12F2N2O2/c1-2-13-6(12)11-3-5(10)7(8,9)4-11/h5H,2-4,10H2,1H3. The lowest BCUT2D eigenvalue weighted by molar-refractivity contribution is -0.00135. The first-order valence-corrected chi connectivity index (χ1v) is 4.02. The summed E-state index contributed by atoms with van der Waals surface area (Å²) >= 11 is 0. The van der Waals surface area contributed by atoms with Gasteiger partial charge in [-0.3, -0.25) is 0 Å². The van der Waals surface area contributed by atoms with Crippen LogP contribution in [-0.4, -0.2) is 42.7 Å². The lowest BCUT2D eigenvalue weighted by Crippen LogP contribution is -2.38. The van der Waals surface area contributed by atoms with Crippen LogP contribution >= 0.6 is 0 Å². The molecule has 0 radical (unpaired) electrons. The summed E-state index contributed by atoms with van der Waals surface area (Å²) < 4.78 is 30.2. The van der Waals surface area contributed by atoms with E-state index in [9.17, 15) is 13.6 Å². The van der Waals surface area contributed by atoms with Gasteiger partial charge in [0.15, 0.2) is 0 Å². The van der Waals surface area contributed by atoms with E-state index in [1.54, 1.807) is 6.92 Å². The fraction of sp³-hybridized carbons (Fsp3) is 0.857. The average molecular weight is 194 g/mol. The van der Waals surface area contributed by atoms with Crippen molar-refractivity contribution in [1.29, 1.82) is 0 Å². The van der Waals surface area contributed by atoms with Gasteiger partial charge in [-0.15, -0.1) is 0 Å². The molecule has 1 aliphatic rings. The number of alkyl halides is 2. The molecular formula is C7H12F2N2O2. The monoisotopic (exact) mass is 194 g/mol. The number of hydrogen-bond donors (Lipinski definition) is 1. The van der Waals surface area contributed by atoms with E-state index in [1.165, 1.54) is 0 Å². The van der Waals surface area contributed by atoms with Gasteiger partial charge in [-0.1, -0.05) is 0 Å². The molecule has 1 heterocycles. The molecule has 0 aromatic heterocycles. The second-order valence-corrected chi connectivity index (χ2v) is 2.95. The number of hydrogen-bond acceptors (Lipinski definition) is 3. The summed E-state index contributed by atoms with van der Waals surface area (Å²) in [6.07, 6.45) is -0.727. The van der Waals surface area contributed by atoms with Crippen molar-refractivity contribution in [1.82, 2.24) is 4.90 Å². The van der Waals surface area contributed by atoms with Gasteiger partial charge < -0.3 is 15.4 Å². The molecule has 0 saturated carbocycles. The topological polar surface area (TPSA) is 55.6 Å². The van der Waals surface area contributed by atoms with Crippen LogP contribution in [0.15, 0.2) is 0 Å². The Morgan fingerprint density at radius 3 is 2.77 bits per heavy atom. The summed E-state index contributed by atoms with van der Waals surface area (Å²) in [5.74, 6) is -2.99. The molecule has 0 spiro atoms.